The highest BCUT2D eigenvalue weighted by Gasteiger charge is 2.44. The monoisotopic (exact) mass is 238 g/mol. The summed E-state index contributed by atoms with van der Waals surface area (Å²) in [6.07, 6.45) is 0. The van der Waals surface area contributed by atoms with Gasteiger partial charge in [0.15, 0.2) is 0 Å². The van der Waals surface area contributed by atoms with Crippen LogP contribution in [0.25, 0.3) is 0 Å². The molecule has 0 amide bonds. The molecule has 1 aromatic heterocycles. The van der Waals surface area contributed by atoms with Crippen molar-refractivity contribution < 1.29 is 8.78 Å². The maximum absolute atomic E-state index is 12.6. The molecule has 0 unspecified atom stereocenters. The van der Waals surface area contributed by atoms with Crippen molar-refractivity contribution in [3.63, 3.8) is 0 Å². The van der Waals surface area contributed by atoms with Crippen LogP contribution in [-0.4, -0.2) is 24.0 Å². The van der Waals surface area contributed by atoms with E-state index in [-0.39, 0.29) is 23.4 Å². The van der Waals surface area contributed by atoms with Crippen LogP contribution in [0.5, 0.6) is 0 Å². The zero-order valence-electron chi connectivity index (χ0n) is 6.98. The lowest BCUT2D eigenvalue weighted by molar-refractivity contribution is -0.0262. The van der Waals surface area contributed by atoms with E-state index < -0.39 is 5.92 Å². The smallest absolute Gasteiger partial charge is 0.282 e. The number of hydrogen-bond donors (Lipinski definition) is 0. The molecule has 0 saturated carbocycles. The summed E-state index contributed by atoms with van der Waals surface area (Å²) >= 11 is 11.3. The van der Waals surface area contributed by atoms with E-state index >= 15 is 0 Å². The molecule has 1 saturated heterocycles. The first-order valence-electron chi connectivity index (χ1n) is 3.92. The quantitative estimate of drug-likeness (QED) is 0.700. The molecule has 0 aromatic carbocycles. The Kier molecular flexibility index (Phi) is 2.27. The summed E-state index contributed by atoms with van der Waals surface area (Å²) in [6, 6.07) is 3.03. The van der Waals surface area contributed by atoms with Gasteiger partial charge in [0.05, 0.1) is 13.1 Å². The van der Waals surface area contributed by atoms with Crippen LogP contribution in [0.15, 0.2) is 12.1 Å². The fraction of sp³-hybridized carbons (Fsp3) is 0.375. The van der Waals surface area contributed by atoms with Crippen molar-refractivity contribution in [1.82, 2.24) is 4.98 Å². The second-order valence-corrected chi connectivity index (χ2v) is 3.96. The van der Waals surface area contributed by atoms with Gasteiger partial charge in [-0.15, -0.1) is 0 Å². The summed E-state index contributed by atoms with van der Waals surface area (Å²) < 4.78 is 25.1. The third-order valence-electron chi connectivity index (χ3n) is 1.96. The van der Waals surface area contributed by atoms with Gasteiger partial charge in [-0.1, -0.05) is 23.2 Å². The molecule has 0 aliphatic carbocycles. The fourth-order valence-electron chi connectivity index (χ4n) is 1.33. The standard InChI is InChI=1S/C8H6Cl2F2N2/c9-6-1-5(2-7(10)13-6)14-3-8(11,12)4-14/h1-2H,3-4H2. The minimum absolute atomic E-state index is 0.211. The minimum Gasteiger partial charge on any atom is -0.359 e. The summed E-state index contributed by atoms with van der Waals surface area (Å²) in [6.45, 7) is -0.576. The Bertz CT molecular complexity index is 342. The molecule has 6 heteroatoms. The van der Waals surface area contributed by atoms with Crippen molar-refractivity contribution in [2.75, 3.05) is 18.0 Å². The van der Waals surface area contributed by atoms with Crippen LogP contribution < -0.4 is 4.90 Å². The van der Waals surface area contributed by atoms with E-state index in [0.717, 1.165) is 0 Å². The molecule has 0 radical (unpaired) electrons. The van der Waals surface area contributed by atoms with E-state index in [0.29, 0.717) is 5.69 Å². The summed E-state index contributed by atoms with van der Waals surface area (Å²) in [5, 5.41) is 0.422. The van der Waals surface area contributed by atoms with Crippen molar-refractivity contribution in [3.8, 4) is 0 Å². The summed E-state index contributed by atoms with van der Waals surface area (Å²) in [4.78, 5) is 5.23. The van der Waals surface area contributed by atoms with Gasteiger partial charge in [-0.3, -0.25) is 0 Å². The van der Waals surface area contributed by atoms with Crippen LogP contribution >= 0.6 is 23.2 Å². The maximum atomic E-state index is 12.6. The maximum Gasteiger partial charge on any atom is 0.282 e. The largest absolute Gasteiger partial charge is 0.359 e. The zero-order valence-corrected chi connectivity index (χ0v) is 8.49. The Balaban J connectivity index is 2.18. The predicted octanol–water partition coefficient (Wildman–Crippen LogP) is 2.84. The molecule has 1 aliphatic heterocycles. The first-order valence-corrected chi connectivity index (χ1v) is 4.68. The summed E-state index contributed by atoms with van der Waals surface area (Å²) in [5.41, 5.74) is 0.584. The number of halogens is 4. The number of hydrogen-bond acceptors (Lipinski definition) is 2. The lowest BCUT2D eigenvalue weighted by Crippen LogP contribution is -2.56. The number of aromatic nitrogens is 1. The van der Waals surface area contributed by atoms with E-state index in [2.05, 4.69) is 4.98 Å². The second-order valence-electron chi connectivity index (χ2n) is 3.18. The molecule has 2 rings (SSSR count). The van der Waals surface area contributed by atoms with Crippen molar-refractivity contribution in [3.05, 3.63) is 22.4 Å². The lowest BCUT2D eigenvalue weighted by Gasteiger charge is -2.40. The predicted molar refractivity (Wildman–Crippen MR) is 51.4 cm³/mol. The Morgan fingerprint density at radius 3 is 2.14 bits per heavy atom. The Morgan fingerprint density at radius 1 is 1.21 bits per heavy atom. The highest BCUT2D eigenvalue weighted by Crippen LogP contribution is 2.33. The lowest BCUT2D eigenvalue weighted by atomic mass is 10.1. The number of anilines is 1. The first-order chi connectivity index (χ1) is 6.46. The third-order valence-corrected chi connectivity index (χ3v) is 2.34. The van der Waals surface area contributed by atoms with Gasteiger partial charge in [0.2, 0.25) is 0 Å². The molecule has 2 heterocycles. The van der Waals surface area contributed by atoms with Gasteiger partial charge in [0.1, 0.15) is 10.3 Å². The second kappa shape index (κ2) is 3.21. The number of nitrogens with zero attached hydrogens (tertiary/aromatic N) is 2. The Morgan fingerprint density at radius 2 is 1.71 bits per heavy atom. The third kappa shape index (κ3) is 1.91. The van der Waals surface area contributed by atoms with Gasteiger partial charge >= 0.3 is 0 Å². The minimum atomic E-state index is -2.60. The molecule has 76 valence electrons. The highest BCUT2D eigenvalue weighted by molar-refractivity contribution is 6.32. The van der Waals surface area contributed by atoms with Gasteiger partial charge in [-0.25, -0.2) is 13.8 Å². The van der Waals surface area contributed by atoms with Gasteiger partial charge < -0.3 is 4.90 Å². The Labute approximate surface area is 89.4 Å². The molecule has 14 heavy (non-hydrogen) atoms. The van der Waals surface area contributed by atoms with E-state index in [1.54, 1.807) is 0 Å². The first kappa shape index (κ1) is 9.93. The van der Waals surface area contributed by atoms with Crippen LogP contribution in [0.2, 0.25) is 10.3 Å². The Hall–Kier alpha value is -0.610. The molecular weight excluding hydrogens is 233 g/mol. The topological polar surface area (TPSA) is 16.1 Å². The SMILES string of the molecule is FC1(F)CN(c2cc(Cl)nc(Cl)c2)C1. The van der Waals surface area contributed by atoms with E-state index in [4.69, 9.17) is 23.2 Å². The van der Waals surface area contributed by atoms with Crippen molar-refractivity contribution in [1.29, 1.82) is 0 Å². The van der Waals surface area contributed by atoms with Gasteiger partial charge in [0, 0.05) is 5.69 Å². The van der Waals surface area contributed by atoms with E-state index in [1.165, 1.54) is 17.0 Å². The fourth-order valence-corrected chi connectivity index (χ4v) is 1.78. The average molecular weight is 239 g/mol. The molecule has 1 fully saturated rings. The number of rotatable bonds is 1. The van der Waals surface area contributed by atoms with E-state index in [9.17, 15) is 8.78 Å². The van der Waals surface area contributed by atoms with Crippen LogP contribution in [0.1, 0.15) is 0 Å². The highest BCUT2D eigenvalue weighted by atomic mass is 35.5. The number of pyridine rings is 1. The van der Waals surface area contributed by atoms with Crippen molar-refractivity contribution in [2.24, 2.45) is 0 Å². The van der Waals surface area contributed by atoms with E-state index in [1.807, 2.05) is 0 Å². The molecule has 0 atom stereocenters. The van der Waals surface area contributed by atoms with Crippen LogP contribution in [0.4, 0.5) is 14.5 Å². The molecule has 2 nitrogen and oxygen atoms in total. The molecule has 0 spiro atoms. The molecule has 1 aromatic rings. The normalized spacial score (nSPS) is 19.3. The van der Waals surface area contributed by atoms with Gasteiger partial charge in [0.25, 0.3) is 5.92 Å². The molecule has 0 bridgehead atoms. The van der Waals surface area contributed by atoms with Crippen LogP contribution in [-0.2, 0) is 0 Å². The molecular formula is C8H6Cl2F2N2. The van der Waals surface area contributed by atoms with Crippen molar-refractivity contribution in [2.45, 2.75) is 5.92 Å². The summed E-state index contributed by atoms with van der Waals surface area (Å²) in [5.74, 6) is -2.60. The summed E-state index contributed by atoms with van der Waals surface area (Å²) in [7, 11) is 0. The average Bonchev–Trinajstić information content (AvgIpc) is 1.97. The van der Waals surface area contributed by atoms with Gasteiger partial charge in [-0.05, 0) is 12.1 Å². The van der Waals surface area contributed by atoms with Crippen LogP contribution in [0, 0.1) is 0 Å². The zero-order chi connectivity index (χ0) is 10.3. The van der Waals surface area contributed by atoms with Gasteiger partial charge in [-0.2, -0.15) is 0 Å². The molecule has 0 N–H and O–H groups in total. The van der Waals surface area contributed by atoms with Crippen LogP contribution in [0.3, 0.4) is 0 Å². The number of alkyl halides is 2. The van der Waals surface area contributed by atoms with Crippen molar-refractivity contribution >= 4 is 28.9 Å². The molecule has 1 aliphatic rings.